The predicted octanol–water partition coefficient (Wildman–Crippen LogP) is 3.06. The van der Waals surface area contributed by atoms with Crippen LogP contribution in [-0.2, 0) is 0 Å². The van der Waals surface area contributed by atoms with E-state index in [9.17, 15) is 0 Å². The molecule has 0 aromatic heterocycles. The van der Waals surface area contributed by atoms with E-state index >= 15 is 0 Å². The average Bonchev–Trinajstić information content (AvgIpc) is 2.54. The second kappa shape index (κ2) is 6.26. The number of rotatable bonds is 5. The highest BCUT2D eigenvalue weighted by Crippen LogP contribution is 2.38. The van der Waals surface area contributed by atoms with Crippen LogP contribution in [0.5, 0.6) is 17.2 Å². The molecule has 0 aliphatic carbocycles. The first-order valence-corrected chi connectivity index (χ1v) is 6.50. The van der Waals surface area contributed by atoms with Gasteiger partial charge in [0.15, 0.2) is 11.5 Å². The lowest BCUT2D eigenvalue weighted by Crippen LogP contribution is -2.12. The number of methoxy groups -OCH3 is 3. The first kappa shape index (κ1) is 14.8. The Kier molecular flexibility index (Phi) is 4.42. The van der Waals surface area contributed by atoms with Crippen LogP contribution in [0.15, 0.2) is 36.4 Å². The Hall–Kier alpha value is -2.56. The Morgan fingerprint density at radius 3 is 1.95 bits per heavy atom. The monoisotopic (exact) mass is 288 g/mol. The molecule has 0 saturated carbocycles. The fraction of sp³-hybridized carbons (Fsp3) is 0.250. The highest BCUT2D eigenvalue weighted by atomic mass is 16.5. The van der Waals surface area contributed by atoms with Crippen molar-refractivity contribution in [2.24, 2.45) is 0 Å². The maximum absolute atomic E-state index is 6.11. The molecule has 0 unspecified atom stereocenters. The normalized spacial score (nSPS) is 10.1. The number of nitrogens with two attached hydrogens (primary N) is 1. The lowest BCUT2D eigenvalue weighted by atomic mass is 10.2. The molecule has 5 nitrogen and oxygen atoms in total. The second-order valence-corrected chi connectivity index (χ2v) is 4.52. The van der Waals surface area contributed by atoms with Gasteiger partial charge < -0.3 is 24.8 Å². The number of anilines is 3. The summed E-state index contributed by atoms with van der Waals surface area (Å²) in [6.07, 6.45) is 0. The molecule has 0 amide bonds. The molecule has 0 atom stereocenters. The summed E-state index contributed by atoms with van der Waals surface area (Å²) < 4.78 is 15.7. The maximum Gasteiger partial charge on any atom is 0.162 e. The van der Waals surface area contributed by atoms with E-state index < -0.39 is 0 Å². The van der Waals surface area contributed by atoms with Gasteiger partial charge >= 0.3 is 0 Å². The zero-order valence-electron chi connectivity index (χ0n) is 12.7. The molecule has 2 aromatic rings. The molecule has 0 radical (unpaired) electrons. The summed E-state index contributed by atoms with van der Waals surface area (Å²) in [7, 11) is 6.78. The topological polar surface area (TPSA) is 57.0 Å². The van der Waals surface area contributed by atoms with Gasteiger partial charge in [-0.3, -0.25) is 0 Å². The van der Waals surface area contributed by atoms with Crippen LogP contribution in [0.25, 0.3) is 0 Å². The van der Waals surface area contributed by atoms with Crippen molar-refractivity contribution in [1.29, 1.82) is 0 Å². The quantitative estimate of drug-likeness (QED) is 0.857. The molecule has 112 valence electrons. The molecular weight excluding hydrogens is 268 g/mol. The minimum Gasteiger partial charge on any atom is -0.497 e. The Labute approximate surface area is 124 Å². The van der Waals surface area contributed by atoms with Crippen molar-refractivity contribution in [2.45, 2.75) is 0 Å². The lowest BCUT2D eigenvalue weighted by molar-refractivity contribution is 0.355. The van der Waals surface area contributed by atoms with Crippen molar-refractivity contribution >= 4 is 17.1 Å². The zero-order chi connectivity index (χ0) is 15.4. The second-order valence-electron chi connectivity index (χ2n) is 4.52. The van der Waals surface area contributed by atoms with Gasteiger partial charge in [-0.25, -0.2) is 0 Å². The van der Waals surface area contributed by atoms with Crippen LogP contribution in [0.4, 0.5) is 17.1 Å². The third-order valence-corrected chi connectivity index (χ3v) is 3.35. The third-order valence-electron chi connectivity index (χ3n) is 3.35. The molecule has 2 N–H and O–H groups in total. The summed E-state index contributed by atoms with van der Waals surface area (Å²) in [5.74, 6) is 2.07. The molecule has 2 aromatic carbocycles. The first-order chi connectivity index (χ1) is 10.1. The number of nitrogens with zero attached hydrogens (tertiary/aromatic N) is 1. The summed E-state index contributed by atoms with van der Waals surface area (Å²) in [5.41, 5.74) is 8.57. The molecule has 0 aliphatic rings. The largest absolute Gasteiger partial charge is 0.497 e. The van der Waals surface area contributed by atoms with Crippen LogP contribution in [-0.4, -0.2) is 28.4 Å². The molecule has 5 heteroatoms. The summed E-state index contributed by atoms with van der Waals surface area (Å²) in [6.45, 7) is 0. The van der Waals surface area contributed by atoms with Crippen molar-refractivity contribution in [3.05, 3.63) is 36.4 Å². The molecular formula is C16H20N2O3. The van der Waals surface area contributed by atoms with E-state index in [4.69, 9.17) is 19.9 Å². The summed E-state index contributed by atoms with van der Waals surface area (Å²) >= 11 is 0. The van der Waals surface area contributed by atoms with Gasteiger partial charge in [0.2, 0.25) is 0 Å². The number of nitrogen functional groups attached to an aromatic ring is 1. The highest BCUT2D eigenvalue weighted by Gasteiger charge is 2.13. The van der Waals surface area contributed by atoms with Crippen molar-refractivity contribution < 1.29 is 14.2 Å². The third kappa shape index (κ3) is 2.97. The zero-order valence-corrected chi connectivity index (χ0v) is 12.7. The molecule has 0 heterocycles. The Morgan fingerprint density at radius 2 is 1.43 bits per heavy atom. The van der Waals surface area contributed by atoms with E-state index in [1.165, 1.54) is 0 Å². The first-order valence-electron chi connectivity index (χ1n) is 6.50. The number of benzene rings is 2. The van der Waals surface area contributed by atoms with Crippen LogP contribution in [0, 0.1) is 0 Å². The van der Waals surface area contributed by atoms with Crippen molar-refractivity contribution in [2.75, 3.05) is 39.0 Å². The number of ether oxygens (including phenoxy) is 3. The molecule has 2 rings (SSSR count). The standard InChI is InChI=1S/C16H20N2O3/c1-18(11-5-7-12(19-2)8-6-11)14-10-16(21-4)15(20-3)9-13(14)17/h5-10H,17H2,1-4H3. The SMILES string of the molecule is COc1ccc(N(C)c2cc(OC)c(OC)cc2N)cc1. The van der Waals surface area contributed by atoms with Crippen LogP contribution < -0.4 is 24.8 Å². The molecule has 0 saturated heterocycles. The van der Waals surface area contributed by atoms with E-state index in [-0.39, 0.29) is 0 Å². The van der Waals surface area contributed by atoms with Crippen LogP contribution >= 0.6 is 0 Å². The van der Waals surface area contributed by atoms with Gasteiger partial charge in [-0.15, -0.1) is 0 Å². The van der Waals surface area contributed by atoms with Gasteiger partial charge in [0.25, 0.3) is 0 Å². The summed E-state index contributed by atoms with van der Waals surface area (Å²) in [4.78, 5) is 1.98. The van der Waals surface area contributed by atoms with Crippen LogP contribution in [0.3, 0.4) is 0 Å². The fourth-order valence-corrected chi connectivity index (χ4v) is 2.12. The minimum atomic E-state index is 0.613. The predicted molar refractivity (Wildman–Crippen MR) is 85.0 cm³/mol. The maximum atomic E-state index is 6.11. The van der Waals surface area contributed by atoms with E-state index in [2.05, 4.69) is 0 Å². The highest BCUT2D eigenvalue weighted by molar-refractivity contribution is 5.78. The van der Waals surface area contributed by atoms with E-state index in [1.54, 1.807) is 27.4 Å². The van der Waals surface area contributed by atoms with Crippen molar-refractivity contribution in [1.82, 2.24) is 0 Å². The van der Waals surface area contributed by atoms with E-state index in [1.807, 2.05) is 42.3 Å². The van der Waals surface area contributed by atoms with Gasteiger partial charge in [-0.1, -0.05) is 0 Å². The summed E-state index contributed by atoms with van der Waals surface area (Å²) in [5, 5.41) is 0. The van der Waals surface area contributed by atoms with Crippen LogP contribution in [0.1, 0.15) is 0 Å². The molecule has 0 aliphatic heterocycles. The molecule has 0 bridgehead atoms. The van der Waals surface area contributed by atoms with E-state index in [0.29, 0.717) is 17.2 Å². The molecule has 21 heavy (non-hydrogen) atoms. The smallest absolute Gasteiger partial charge is 0.162 e. The van der Waals surface area contributed by atoms with E-state index in [0.717, 1.165) is 17.1 Å². The van der Waals surface area contributed by atoms with Crippen molar-refractivity contribution in [3.8, 4) is 17.2 Å². The Balaban J connectivity index is 2.39. The van der Waals surface area contributed by atoms with Gasteiger partial charge in [0, 0.05) is 24.9 Å². The number of hydrogen-bond donors (Lipinski definition) is 1. The number of hydrogen-bond acceptors (Lipinski definition) is 5. The Bertz CT molecular complexity index is 612. The van der Waals surface area contributed by atoms with Gasteiger partial charge in [-0.05, 0) is 24.3 Å². The van der Waals surface area contributed by atoms with Crippen molar-refractivity contribution in [3.63, 3.8) is 0 Å². The minimum absolute atomic E-state index is 0.613. The van der Waals surface area contributed by atoms with Gasteiger partial charge in [0.05, 0.1) is 32.7 Å². The Morgan fingerprint density at radius 1 is 0.857 bits per heavy atom. The summed E-state index contributed by atoms with van der Waals surface area (Å²) in [6, 6.07) is 11.4. The average molecular weight is 288 g/mol. The van der Waals surface area contributed by atoms with Gasteiger partial charge in [0.1, 0.15) is 5.75 Å². The van der Waals surface area contributed by atoms with Crippen LogP contribution in [0.2, 0.25) is 0 Å². The molecule has 0 fully saturated rings. The lowest BCUT2D eigenvalue weighted by Gasteiger charge is -2.23. The molecule has 0 spiro atoms. The van der Waals surface area contributed by atoms with Gasteiger partial charge in [-0.2, -0.15) is 0 Å². The fourth-order valence-electron chi connectivity index (χ4n) is 2.12.